The summed E-state index contributed by atoms with van der Waals surface area (Å²) in [5.41, 5.74) is 30.4. The average molecular weight is 918 g/mol. The molecule has 0 N–H and O–H groups in total. The lowest BCUT2D eigenvalue weighted by Gasteiger charge is -2.35. The smallest absolute Gasteiger partial charge is 0.0628 e. The summed E-state index contributed by atoms with van der Waals surface area (Å²) in [6.07, 6.45) is 8.82. The van der Waals surface area contributed by atoms with Crippen molar-refractivity contribution >= 4 is 49.6 Å². The topological polar surface area (TPSA) is 3.24 Å². The van der Waals surface area contributed by atoms with E-state index in [1.54, 1.807) is 0 Å². The highest BCUT2D eigenvalue weighted by Crippen LogP contribution is 2.54. The van der Waals surface area contributed by atoms with Gasteiger partial charge in [-0.2, -0.15) is 0 Å². The minimum atomic E-state index is -0.140. The highest BCUT2D eigenvalue weighted by Gasteiger charge is 2.39. The molecule has 0 atom stereocenters. The third kappa shape index (κ3) is 7.35. The second kappa shape index (κ2) is 17.8. The zero-order valence-corrected chi connectivity index (χ0v) is 40.5. The number of hydrogen-bond acceptors (Lipinski definition) is 1. The Bertz CT molecular complexity index is 3980. The van der Waals surface area contributed by atoms with E-state index in [0.29, 0.717) is 0 Å². The van der Waals surface area contributed by atoms with Crippen LogP contribution in [-0.2, 0) is 5.41 Å². The van der Waals surface area contributed by atoms with E-state index in [2.05, 4.69) is 279 Å². The van der Waals surface area contributed by atoms with Gasteiger partial charge in [0.05, 0.1) is 5.69 Å². The molecule has 0 saturated heterocycles. The fraction of sp³-hybridized carbons (Fsp3) is 0.0704. The van der Waals surface area contributed by atoms with Gasteiger partial charge in [-0.05, 0) is 137 Å². The quantitative estimate of drug-likeness (QED) is 0.103. The van der Waals surface area contributed by atoms with Gasteiger partial charge < -0.3 is 4.90 Å². The lowest BCUT2D eigenvalue weighted by molar-refractivity contribution is 0.648. The standard InChI is InChI=1S/C71H51N/c1-71(2)67-35-18-17-32-63(67)64-45-44-56(47-68(64)71)72(55-42-40-49(41-43-55)48-36-38-52(39-37-48)59-28-10-9-26-57(59)50-20-5-3-6-21-50)70-66-34-16-14-31-62(66)61-30-13-15-33-65(61)69(70)54-25-19-24-53(46-54)60-29-12-11-27-58(60)51-22-7-4-8-23-51/h3-18,20-24,26-43,46-47H,44-45H2,1-2H3. The summed E-state index contributed by atoms with van der Waals surface area (Å²) < 4.78 is 0. The fourth-order valence-corrected chi connectivity index (χ4v) is 11.8. The van der Waals surface area contributed by atoms with Crippen molar-refractivity contribution in [3.05, 3.63) is 294 Å². The van der Waals surface area contributed by atoms with Gasteiger partial charge in [0, 0.05) is 33.3 Å². The first-order valence-corrected chi connectivity index (χ1v) is 25.2. The molecule has 10 aromatic rings. The molecule has 3 aliphatic carbocycles. The van der Waals surface area contributed by atoms with Gasteiger partial charge in [0.15, 0.2) is 0 Å². The molecule has 0 radical (unpaired) electrons. The van der Waals surface area contributed by atoms with Crippen LogP contribution in [0.2, 0.25) is 0 Å². The van der Waals surface area contributed by atoms with Gasteiger partial charge in [-0.1, -0.05) is 244 Å². The number of benzene rings is 10. The highest BCUT2D eigenvalue weighted by atomic mass is 15.2. The van der Waals surface area contributed by atoms with Gasteiger partial charge in [-0.3, -0.25) is 0 Å². The number of allylic oxidation sites excluding steroid dienone is 8. The van der Waals surface area contributed by atoms with Crippen LogP contribution in [0.3, 0.4) is 0 Å². The minimum absolute atomic E-state index is 0.140. The molecule has 0 aromatic heterocycles. The van der Waals surface area contributed by atoms with Gasteiger partial charge >= 0.3 is 0 Å². The number of anilines is 2. The second-order valence-electron chi connectivity index (χ2n) is 19.7. The first kappa shape index (κ1) is 43.1. The molecule has 0 fully saturated rings. The van der Waals surface area contributed by atoms with E-state index in [9.17, 15) is 0 Å². The number of fused-ring (bicyclic) bond motifs is 5. The molecule has 340 valence electrons. The summed E-state index contributed by atoms with van der Waals surface area (Å²) in [6.45, 7) is 4.80. The van der Waals surface area contributed by atoms with E-state index >= 15 is 0 Å². The largest absolute Gasteiger partial charge is 0.313 e. The summed E-state index contributed by atoms with van der Waals surface area (Å²) in [7, 11) is 0. The monoisotopic (exact) mass is 917 g/mol. The van der Waals surface area contributed by atoms with Crippen LogP contribution in [0.15, 0.2) is 271 Å². The van der Waals surface area contributed by atoms with Gasteiger partial charge in [0.25, 0.3) is 0 Å². The van der Waals surface area contributed by atoms with Crippen LogP contribution in [-0.4, -0.2) is 0 Å². The van der Waals surface area contributed by atoms with Gasteiger partial charge in [-0.15, -0.1) is 0 Å². The predicted molar refractivity (Wildman–Crippen MR) is 305 cm³/mol. The molecule has 10 aromatic carbocycles. The molecule has 0 aliphatic heterocycles. The van der Waals surface area contributed by atoms with Crippen LogP contribution in [0.5, 0.6) is 0 Å². The number of nitrogens with zero attached hydrogens (tertiary/aromatic N) is 1. The van der Waals surface area contributed by atoms with Crippen LogP contribution < -0.4 is 4.90 Å². The Morgan fingerprint density at radius 2 is 0.875 bits per heavy atom. The number of hydrogen-bond donors (Lipinski definition) is 0. The summed E-state index contributed by atoms with van der Waals surface area (Å²) >= 11 is 0. The molecule has 0 heterocycles. The molecule has 3 aliphatic rings. The minimum Gasteiger partial charge on any atom is -0.313 e. The van der Waals surface area contributed by atoms with E-state index in [0.717, 1.165) is 40.9 Å². The summed E-state index contributed by atoms with van der Waals surface area (Å²) in [4.78, 5) is 2.60. The van der Waals surface area contributed by atoms with Crippen molar-refractivity contribution in [2.24, 2.45) is 0 Å². The van der Waals surface area contributed by atoms with E-state index in [4.69, 9.17) is 0 Å². The van der Waals surface area contributed by atoms with Gasteiger partial charge in [-0.25, -0.2) is 0 Å². The van der Waals surface area contributed by atoms with E-state index < -0.39 is 0 Å². The van der Waals surface area contributed by atoms with Crippen LogP contribution in [0, 0.1) is 0 Å². The first-order valence-electron chi connectivity index (χ1n) is 25.2. The molecule has 1 heteroatoms. The Balaban J connectivity index is 0.995. The van der Waals surface area contributed by atoms with Gasteiger partial charge in [0.2, 0.25) is 0 Å². The number of rotatable bonds is 9. The zero-order chi connectivity index (χ0) is 48.2. The summed E-state index contributed by atoms with van der Waals surface area (Å²) in [5, 5.41) is 4.82. The Morgan fingerprint density at radius 1 is 0.403 bits per heavy atom. The first-order chi connectivity index (χ1) is 35.5. The molecule has 0 amide bonds. The van der Waals surface area contributed by atoms with Crippen LogP contribution >= 0.6 is 0 Å². The van der Waals surface area contributed by atoms with Crippen LogP contribution in [0.1, 0.15) is 48.9 Å². The van der Waals surface area contributed by atoms with Crippen molar-refractivity contribution in [3.63, 3.8) is 0 Å². The lowest BCUT2D eigenvalue weighted by Crippen LogP contribution is -2.23. The average Bonchev–Trinajstić information content (AvgIpc) is 3.68. The third-order valence-electron chi connectivity index (χ3n) is 15.3. The highest BCUT2D eigenvalue weighted by molar-refractivity contribution is 6.21. The maximum absolute atomic E-state index is 3.70. The molecule has 0 spiro atoms. The molecule has 0 unspecified atom stereocenters. The van der Waals surface area contributed by atoms with E-state index in [1.165, 1.54) is 99.6 Å². The van der Waals surface area contributed by atoms with Crippen molar-refractivity contribution in [3.8, 4) is 44.5 Å². The van der Waals surface area contributed by atoms with E-state index in [1.807, 2.05) is 0 Å². The molecule has 0 saturated carbocycles. The van der Waals surface area contributed by atoms with Crippen molar-refractivity contribution in [2.75, 3.05) is 4.90 Å². The third-order valence-corrected chi connectivity index (χ3v) is 15.3. The molecule has 13 rings (SSSR count). The normalized spacial score (nSPS) is 14.4. The maximum Gasteiger partial charge on any atom is 0.0628 e. The van der Waals surface area contributed by atoms with Crippen molar-refractivity contribution in [2.45, 2.75) is 32.1 Å². The Kier molecular flexibility index (Phi) is 10.6. The SMILES string of the molecule is CC1(C)C2=C(CCC(N(c3ccc(-c4ccc(-c5ccccc5-c5ccccc5)cc4)cc3)c3c(C4=C=C=CC(c5ccccc5-c5ccccc5)=C4)c4ccccc4c4ccccc34)=C2)c2ccccc21. The van der Waals surface area contributed by atoms with Crippen molar-refractivity contribution in [1.29, 1.82) is 0 Å². The second-order valence-corrected chi connectivity index (χ2v) is 19.7. The van der Waals surface area contributed by atoms with Crippen molar-refractivity contribution in [1.82, 2.24) is 0 Å². The Labute approximate surface area is 422 Å². The summed E-state index contributed by atoms with van der Waals surface area (Å²) in [6, 6.07) is 84.2. The molecular weight excluding hydrogens is 867 g/mol. The summed E-state index contributed by atoms with van der Waals surface area (Å²) in [5.74, 6) is 0. The van der Waals surface area contributed by atoms with Crippen molar-refractivity contribution < 1.29 is 0 Å². The van der Waals surface area contributed by atoms with Gasteiger partial charge in [0.1, 0.15) is 0 Å². The Morgan fingerprint density at radius 3 is 1.51 bits per heavy atom. The molecule has 0 bridgehead atoms. The molecular formula is C71H51N. The molecule has 1 nitrogen and oxygen atoms in total. The Hall–Kier alpha value is -8.96. The maximum atomic E-state index is 3.70. The lowest BCUT2D eigenvalue weighted by atomic mass is 9.79. The fourth-order valence-electron chi connectivity index (χ4n) is 11.8. The molecule has 72 heavy (non-hydrogen) atoms. The van der Waals surface area contributed by atoms with Crippen LogP contribution in [0.4, 0.5) is 11.4 Å². The van der Waals surface area contributed by atoms with E-state index in [-0.39, 0.29) is 5.41 Å². The predicted octanol–water partition coefficient (Wildman–Crippen LogP) is 19.0. The van der Waals surface area contributed by atoms with Crippen LogP contribution in [0.25, 0.3) is 82.8 Å². The zero-order valence-electron chi connectivity index (χ0n) is 40.5.